The number of aliphatic hydroxyl groups excluding tert-OH is 1. The highest BCUT2D eigenvalue weighted by atomic mass is 16.5. The number of aryl methyl sites for hydroxylation is 1. The van der Waals surface area contributed by atoms with E-state index in [4.69, 9.17) is 4.52 Å². The van der Waals surface area contributed by atoms with Gasteiger partial charge in [-0.05, 0) is 29.9 Å². The third-order valence-electron chi connectivity index (χ3n) is 4.66. The molecule has 0 radical (unpaired) electrons. The summed E-state index contributed by atoms with van der Waals surface area (Å²) in [4.78, 5) is 14.4. The van der Waals surface area contributed by atoms with Crippen molar-refractivity contribution in [2.45, 2.75) is 45.2 Å². The summed E-state index contributed by atoms with van der Waals surface area (Å²) in [5, 5.41) is 16.3. The van der Waals surface area contributed by atoms with E-state index in [-0.39, 0.29) is 31.1 Å². The Balaban J connectivity index is 1.67. The highest BCUT2D eigenvalue weighted by Gasteiger charge is 2.30. The van der Waals surface area contributed by atoms with E-state index in [9.17, 15) is 9.90 Å². The predicted molar refractivity (Wildman–Crippen MR) is 94.1 cm³/mol. The third-order valence-corrected chi connectivity index (χ3v) is 4.66. The molecule has 134 valence electrons. The van der Waals surface area contributed by atoms with Gasteiger partial charge < -0.3 is 19.8 Å². The van der Waals surface area contributed by atoms with Crippen LogP contribution in [-0.2, 0) is 13.0 Å². The third kappa shape index (κ3) is 3.85. The van der Waals surface area contributed by atoms with Crippen molar-refractivity contribution < 1.29 is 14.4 Å². The van der Waals surface area contributed by atoms with Gasteiger partial charge in [0.05, 0.1) is 24.9 Å². The molecule has 1 aromatic carbocycles. The summed E-state index contributed by atoms with van der Waals surface area (Å²) in [7, 11) is 0. The number of nitrogens with one attached hydrogen (secondary N) is 1. The van der Waals surface area contributed by atoms with Gasteiger partial charge in [-0.25, -0.2) is 4.79 Å². The molecular formula is C19H25N3O3. The number of nitrogens with zero attached hydrogens (tertiary/aromatic N) is 2. The fourth-order valence-corrected chi connectivity index (χ4v) is 3.31. The lowest BCUT2D eigenvalue weighted by atomic mass is 10.1. The summed E-state index contributed by atoms with van der Waals surface area (Å²) in [6.07, 6.45) is 1.84. The van der Waals surface area contributed by atoms with Crippen molar-refractivity contribution in [3.63, 3.8) is 0 Å². The van der Waals surface area contributed by atoms with Gasteiger partial charge >= 0.3 is 6.03 Å². The van der Waals surface area contributed by atoms with Crippen molar-refractivity contribution in [2.75, 3.05) is 13.2 Å². The van der Waals surface area contributed by atoms with Crippen LogP contribution in [0.15, 0.2) is 34.9 Å². The minimum Gasteiger partial charge on any atom is -0.395 e. The van der Waals surface area contributed by atoms with E-state index >= 15 is 0 Å². The molecule has 1 atom stereocenters. The molecule has 1 unspecified atom stereocenters. The Hall–Kier alpha value is -2.34. The van der Waals surface area contributed by atoms with E-state index in [1.54, 1.807) is 4.90 Å². The lowest BCUT2D eigenvalue weighted by Crippen LogP contribution is -2.42. The van der Waals surface area contributed by atoms with Gasteiger partial charge in [-0.15, -0.1) is 0 Å². The van der Waals surface area contributed by atoms with E-state index in [2.05, 4.69) is 22.6 Å². The van der Waals surface area contributed by atoms with Crippen molar-refractivity contribution in [3.05, 3.63) is 52.9 Å². The number of hydrogen-bond acceptors (Lipinski definition) is 4. The predicted octanol–water partition coefficient (Wildman–Crippen LogP) is 2.99. The van der Waals surface area contributed by atoms with Crippen LogP contribution in [-0.4, -0.2) is 34.3 Å². The first-order chi connectivity index (χ1) is 12.1. The van der Waals surface area contributed by atoms with Crippen LogP contribution in [0.5, 0.6) is 0 Å². The fourth-order valence-electron chi connectivity index (χ4n) is 3.31. The molecule has 2 aromatic rings. The molecule has 1 aliphatic rings. The number of carbonyl (C=O) groups is 1. The van der Waals surface area contributed by atoms with Crippen LogP contribution in [0.1, 0.15) is 54.8 Å². The molecular weight excluding hydrogens is 318 g/mol. The van der Waals surface area contributed by atoms with Crippen LogP contribution in [0.25, 0.3) is 0 Å². The number of fused-ring (bicyclic) bond motifs is 1. The molecule has 1 aliphatic carbocycles. The number of urea groups is 1. The summed E-state index contributed by atoms with van der Waals surface area (Å²) >= 11 is 0. The Morgan fingerprint density at radius 2 is 2.24 bits per heavy atom. The van der Waals surface area contributed by atoms with Crippen LogP contribution in [0.4, 0.5) is 4.79 Å². The second-order valence-electron chi connectivity index (χ2n) is 6.70. The molecule has 1 heterocycles. The number of aliphatic hydroxyl groups is 1. The summed E-state index contributed by atoms with van der Waals surface area (Å²) in [6.45, 7) is 4.61. The van der Waals surface area contributed by atoms with Gasteiger partial charge in [-0.3, -0.25) is 0 Å². The SMILES string of the molecule is CC(C)c1cc(CNC(=O)N(CCO)C2CCc3ccccc32)on1. The molecule has 0 saturated carbocycles. The lowest BCUT2D eigenvalue weighted by molar-refractivity contribution is 0.150. The van der Waals surface area contributed by atoms with Gasteiger partial charge in [0.25, 0.3) is 0 Å². The maximum Gasteiger partial charge on any atom is 0.318 e. The van der Waals surface area contributed by atoms with Crippen molar-refractivity contribution in [2.24, 2.45) is 0 Å². The fraction of sp³-hybridized carbons (Fsp3) is 0.474. The minimum atomic E-state index is -0.196. The molecule has 2 amide bonds. The molecule has 6 heteroatoms. The molecule has 1 aromatic heterocycles. The smallest absolute Gasteiger partial charge is 0.318 e. The lowest BCUT2D eigenvalue weighted by Gasteiger charge is -2.29. The number of aromatic nitrogens is 1. The Morgan fingerprint density at radius 1 is 1.44 bits per heavy atom. The molecule has 0 bridgehead atoms. The molecule has 2 N–H and O–H groups in total. The maximum absolute atomic E-state index is 12.7. The van der Waals surface area contributed by atoms with Gasteiger partial charge in [0.1, 0.15) is 0 Å². The van der Waals surface area contributed by atoms with E-state index in [0.29, 0.717) is 12.3 Å². The van der Waals surface area contributed by atoms with Crippen LogP contribution in [0.3, 0.4) is 0 Å². The monoisotopic (exact) mass is 343 g/mol. The molecule has 25 heavy (non-hydrogen) atoms. The van der Waals surface area contributed by atoms with E-state index in [1.807, 2.05) is 32.0 Å². The highest BCUT2D eigenvalue weighted by Crippen LogP contribution is 2.35. The first-order valence-electron chi connectivity index (χ1n) is 8.78. The summed E-state index contributed by atoms with van der Waals surface area (Å²) in [6, 6.07) is 9.86. The summed E-state index contributed by atoms with van der Waals surface area (Å²) < 4.78 is 5.27. The maximum atomic E-state index is 12.7. The minimum absolute atomic E-state index is 0.00398. The van der Waals surface area contributed by atoms with E-state index < -0.39 is 0 Å². The second-order valence-corrected chi connectivity index (χ2v) is 6.70. The summed E-state index contributed by atoms with van der Waals surface area (Å²) in [5.41, 5.74) is 3.33. The highest BCUT2D eigenvalue weighted by molar-refractivity contribution is 5.75. The number of hydrogen-bond donors (Lipinski definition) is 2. The van der Waals surface area contributed by atoms with Crippen molar-refractivity contribution >= 4 is 6.03 Å². The van der Waals surface area contributed by atoms with Gasteiger partial charge in [-0.2, -0.15) is 0 Å². The van der Waals surface area contributed by atoms with Crippen LogP contribution < -0.4 is 5.32 Å². The van der Waals surface area contributed by atoms with Crippen LogP contribution in [0.2, 0.25) is 0 Å². The normalized spacial score (nSPS) is 16.1. The molecule has 0 fully saturated rings. The van der Waals surface area contributed by atoms with Crippen molar-refractivity contribution in [3.8, 4) is 0 Å². The molecule has 0 saturated heterocycles. The van der Waals surface area contributed by atoms with Gasteiger partial charge in [0.15, 0.2) is 5.76 Å². The molecule has 6 nitrogen and oxygen atoms in total. The zero-order valence-corrected chi connectivity index (χ0v) is 14.7. The largest absolute Gasteiger partial charge is 0.395 e. The summed E-state index contributed by atoms with van der Waals surface area (Å²) in [5.74, 6) is 0.918. The van der Waals surface area contributed by atoms with Gasteiger partial charge in [0, 0.05) is 12.6 Å². The van der Waals surface area contributed by atoms with Crippen molar-refractivity contribution in [1.29, 1.82) is 0 Å². The number of amides is 2. The van der Waals surface area contributed by atoms with E-state index in [0.717, 1.165) is 18.5 Å². The molecule has 0 spiro atoms. The van der Waals surface area contributed by atoms with Gasteiger partial charge in [0.2, 0.25) is 0 Å². The zero-order valence-electron chi connectivity index (χ0n) is 14.7. The number of rotatable bonds is 6. The standard InChI is InChI=1S/C19H25N3O3/c1-13(2)17-11-15(25-21-17)12-20-19(24)22(9-10-23)18-8-7-14-5-3-4-6-16(14)18/h3-6,11,13,18,23H,7-10,12H2,1-2H3,(H,20,24). The molecule has 3 rings (SSSR count). The zero-order chi connectivity index (χ0) is 17.8. The van der Waals surface area contributed by atoms with E-state index in [1.165, 1.54) is 11.1 Å². The first kappa shape index (κ1) is 17.5. The number of benzene rings is 1. The average Bonchev–Trinajstić information content (AvgIpc) is 3.25. The average molecular weight is 343 g/mol. The Labute approximate surface area is 147 Å². The topological polar surface area (TPSA) is 78.6 Å². The first-order valence-corrected chi connectivity index (χ1v) is 8.78. The van der Waals surface area contributed by atoms with Crippen LogP contribution in [0, 0.1) is 0 Å². The Kier molecular flexibility index (Phi) is 5.38. The molecule has 0 aliphatic heterocycles. The quantitative estimate of drug-likeness (QED) is 0.845. The van der Waals surface area contributed by atoms with Crippen molar-refractivity contribution in [1.82, 2.24) is 15.4 Å². The number of carbonyl (C=O) groups excluding carboxylic acids is 1. The van der Waals surface area contributed by atoms with Gasteiger partial charge in [-0.1, -0.05) is 43.3 Å². The second kappa shape index (κ2) is 7.70. The Bertz CT molecular complexity index is 726. The Morgan fingerprint density at radius 3 is 2.96 bits per heavy atom. The van der Waals surface area contributed by atoms with Crippen LogP contribution >= 0.6 is 0 Å².